The van der Waals surface area contributed by atoms with E-state index in [1.165, 1.54) is 0 Å². The lowest BCUT2D eigenvalue weighted by Crippen LogP contribution is -1.98. The third kappa shape index (κ3) is 3.33. The maximum Gasteiger partial charge on any atom is 0.336 e. The minimum absolute atomic E-state index is 0.296. The first-order valence-corrected chi connectivity index (χ1v) is 7.12. The number of hydrogen-bond acceptors (Lipinski definition) is 1. The summed E-state index contributed by atoms with van der Waals surface area (Å²) in [6.07, 6.45) is 3.69. The first-order chi connectivity index (χ1) is 9.09. The van der Waals surface area contributed by atoms with Crippen molar-refractivity contribution in [2.24, 2.45) is 0 Å². The number of aromatic carboxylic acids is 1. The molecule has 96 valence electrons. The van der Waals surface area contributed by atoms with Crippen LogP contribution in [-0.2, 0) is 0 Å². The number of carboxylic acid groups (broad SMARTS) is 1. The van der Waals surface area contributed by atoms with Crippen LogP contribution in [0.15, 0.2) is 51.4 Å². The maximum atomic E-state index is 11.1. The summed E-state index contributed by atoms with van der Waals surface area (Å²) >= 11 is 6.92. The van der Waals surface area contributed by atoms with Crippen LogP contribution in [0.1, 0.15) is 21.5 Å². The molecule has 0 fully saturated rings. The summed E-state index contributed by atoms with van der Waals surface area (Å²) in [6, 6.07) is 12.7. The van der Waals surface area contributed by atoms with Crippen molar-refractivity contribution in [2.75, 3.05) is 0 Å². The van der Waals surface area contributed by atoms with Crippen molar-refractivity contribution in [1.29, 1.82) is 0 Å². The van der Waals surface area contributed by atoms with Crippen LogP contribution in [0, 0.1) is 0 Å². The molecule has 0 saturated carbocycles. The van der Waals surface area contributed by atoms with Gasteiger partial charge >= 0.3 is 5.97 Å². The highest BCUT2D eigenvalue weighted by molar-refractivity contribution is 9.13. The summed E-state index contributed by atoms with van der Waals surface area (Å²) in [5.41, 5.74) is 1.96. The number of rotatable bonds is 3. The molecule has 0 radical (unpaired) electrons. The second kappa shape index (κ2) is 6.17. The van der Waals surface area contributed by atoms with E-state index in [0.29, 0.717) is 11.1 Å². The fourth-order valence-corrected chi connectivity index (χ4v) is 2.44. The molecular weight excluding hydrogens is 372 g/mol. The van der Waals surface area contributed by atoms with Gasteiger partial charge in [0.15, 0.2) is 0 Å². The summed E-state index contributed by atoms with van der Waals surface area (Å²) in [5, 5.41) is 9.11. The van der Waals surface area contributed by atoms with E-state index in [9.17, 15) is 4.79 Å². The first kappa shape index (κ1) is 14.0. The van der Waals surface area contributed by atoms with E-state index in [0.717, 1.165) is 14.5 Å². The molecule has 0 saturated heterocycles. The van der Waals surface area contributed by atoms with Crippen molar-refractivity contribution in [3.05, 3.63) is 68.1 Å². The van der Waals surface area contributed by atoms with Crippen LogP contribution < -0.4 is 0 Å². The molecule has 1 N–H and O–H groups in total. The molecule has 2 aromatic carbocycles. The van der Waals surface area contributed by atoms with Crippen LogP contribution in [0.3, 0.4) is 0 Å². The maximum absolute atomic E-state index is 11.1. The van der Waals surface area contributed by atoms with Crippen molar-refractivity contribution in [3.8, 4) is 0 Å². The molecule has 0 amide bonds. The predicted octanol–water partition coefficient (Wildman–Crippen LogP) is 5.08. The third-order valence-electron chi connectivity index (χ3n) is 2.62. The molecule has 0 aliphatic heterocycles. The van der Waals surface area contributed by atoms with Crippen molar-refractivity contribution < 1.29 is 9.90 Å². The lowest BCUT2D eigenvalue weighted by Gasteiger charge is -2.02. The zero-order chi connectivity index (χ0) is 13.8. The van der Waals surface area contributed by atoms with Crippen LogP contribution in [0.25, 0.3) is 12.2 Å². The topological polar surface area (TPSA) is 37.3 Å². The summed E-state index contributed by atoms with van der Waals surface area (Å²) in [5.74, 6) is -0.923. The predicted molar refractivity (Wildman–Crippen MR) is 84.2 cm³/mol. The lowest BCUT2D eigenvalue weighted by atomic mass is 10.1. The third-order valence-corrected chi connectivity index (χ3v) is 4.69. The van der Waals surface area contributed by atoms with Crippen LogP contribution in [0.4, 0.5) is 0 Å². The van der Waals surface area contributed by atoms with Crippen molar-refractivity contribution in [3.63, 3.8) is 0 Å². The number of hydrogen-bond donors (Lipinski definition) is 1. The monoisotopic (exact) mass is 380 g/mol. The Morgan fingerprint density at radius 2 is 1.58 bits per heavy atom. The van der Waals surface area contributed by atoms with Gasteiger partial charge in [-0.25, -0.2) is 4.79 Å². The Kier molecular flexibility index (Phi) is 4.56. The number of carboxylic acids is 1. The lowest BCUT2D eigenvalue weighted by molar-refractivity contribution is 0.0696. The standard InChI is InChI=1S/C15H10Br2O2/c16-13-7-3-5-11(14(13)17)9-8-10-4-1-2-6-12(10)15(18)19/h1-9H,(H,18,19). The Balaban J connectivity index is 2.38. The van der Waals surface area contributed by atoms with Crippen LogP contribution in [-0.4, -0.2) is 11.1 Å². The van der Waals surface area contributed by atoms with E-state index in [4.69, 9.17) is 5.11 Å². The molecule has 0 aliphatic carbocycles. The number of benzene rings is 2. The van der Waals surface area contributed by atoms with Gasteiger partial charge in [-0.05, 0) is 55.1 Å². The fourth-order valence-electron chi connectivity index (χ4n) is 1.67. The van der Waals surface area contributed by atoms with E-state index < -0.39 is 5.97 Å². The molecule has 0 heterocycles. The van der Waals surface area contributed by atoms with E-state index in [2.05, 4.69) is 31.9 Å². The Hall–Kier alpha value is -1.39. The summed E-state index contributed by atoms with van der Waals surface area (Å²) < 4.78 is 1.90. The average molecular weight is 382 g/mol. The van der Waals surface area contributed by atoms with Gasteiger partial charge in [-0.15, -0.1) is 0 Å². The van der Waals surface area contributed by atoms with E-state index >= 15 is 0 Å². The summed E-state index contributed by atoms with van der Waals surface area (Å²) in [6.45, 7) is 0. The Bertz CT molecular complexity index is 648. The van der Waals surface area contributed by atoms with E-state index in [1.807, 2.05) is 30.3 Å². The second-order valence-corrected chi connectivity index (χ2v) is 5.52. The Morgan fingerprint density at radius 1 is 0.947 bits per heavy atom. The molecule has 0 aromatic heterocycles. The quantitative estimate of drug-likeness (QED) is 0.752. The minimum Gasteiger partial charge on any atom is -0.478 e. The highest BCUT2D eigenvalue weighted by Crippen LogP contribution is 2.28. The molecule has 4 heteroatoms. The van der Waals surface area contributed by atoms with Gasteiger partial charge in [-0.1, -0.05) is 42.5 Å². The van der Waals surface area contributed by atoms with Gasteiger partial charge in [0.2, 0.25) is 0 Å². The highest BCUT2D eigenvalue weighted by Gasteiger charge is 2.06. The smallest absolute Gasteiger partial charge is 0.336 e. The summed E-state index contributed by atoms with van der Waals surface area (Å²) in [4.78, 5) is 11.1. The van der Waals surface area contributed by atoms with Gasteiger partial charge in [0.25, 0.3) is 0 Å². The Labute approximate surface area is 128 Å². The van der Waals surface area contributed by atoms with Gasteiger partial charge in [0.05, 0.1) is 5.56 Å². The Morgan fingerprint density at radius 3 is 2.32 bits per heavy atom. The van der Waals surface area contributed by atoms with Crippen LogP contribution in [0.2, 0.25) is 0 Å². The SMILES string of the molecule is O=C(O)c1ccccc1C=Cc1cccc(Br)c1Br. The van der Waals surface area contributed by atoms with E-state index in [1.54, 1.807) is 24.3 Å². The van der Waals surface area contributed by atoms with Gasteiger partial charge < -0.3 is 5.11 Å². The van der Waals surface area contributed by atoms with Gasteiger partial charge in [-0.2, -0.15) is 0 Å². The van der Waals surface area contributed by atoms with Gasteiger partial charge in [-0.3, -0.25) is 0 Å². The largest absolute Gasteiger partial charge is 0.478 e. The zero-order valence-electron chi connectivity index (χ0n) is 9.81. The van der Waals surface area contributed by atoms with Gasteiger partial charge in [0, 0.05) is 8.95 Å². The molecule has 2 nitrogen and oxygen atoms in total. The molecule has 19 heavy (non-hydrogen) atoms. The molecule has 0 bridgehead atoms. The summed E-state index contributed by atoms with van der Waals surface area (Å²) in [7, 11) is 0. The first-order valence-electron chi connectivity index (χ1n) is 5.54. The minimum atomic E-state index is -0.923. The molecule has 0 unspecified atom stereocenters. The average Bonchev–Trinajstić information content (AvgIpc) is 2.40. The van der Waals surface area contributed by atoms with Crippen molar-refractivity contribution in [2.45, 2.75) is 0 Å². The van der Waals surface area contributed by atoms with Crippen LogP contribution in [0.5, 0.6) is 0 Å². The fraction of sp³-hybridized carbons (Fsp3) is 0. The molecule has 0 aliphatic rings. The zero-order valence-corrected chi connectivity index (χ0v) is 13.0. The molecule has 2 aromatic rings. The number of carbonyl (C=O) groups is 1. The van der Waals surface area contributed by atoms with Gasteiger partial charge in [0.1, 0.15) is 0 Å². The molecular formula is C15H10Br2O2. The molecule has 0 atom stereocenters. The normalized spacial score (nSPS) is 10.8. The van der Waals surface area contributed by atoms with Crippen molar-refractivity contribution in [1.82, 2.24) is 0 Å². The van der Waals surface area contributed by atoms with Crippen molar-refractivity contribution >= 4 is 50.0 Å². The van der Waals surface area contributed by atoms with Crippen LogP contribution >= 0.6 is 31.9 Å². The van der Waals surface area contributed by atoms with E-state index in [-0.39, 0.29) is 0 Å². The highest BCUT2D eigenvalue weighted by atomic mass is 79.9. The molecule has 2 rings (SSSR count). The number of halogens is 2. The second-order valence-electron chi connectivity index (χ2n) is 3.87. The molecule has 0 spiro atoms.